The highest BCUT2D eigenvalue weighted by atomic mass is 15.1. The number of aromatic nitrogens is 1. The summed E-state index contributed by atoms with van der Waals surface area (Å²) in [5, 5.41) is 3.28. The van der Waals surface area contributed by atoms with Crippen LogP contribution in [0, 0.1) is 0 Å². The molecule has 3 nitrogen and oxygen atoms in total. The number of hydrogen-bond acceptors (Lipinski definition) is 3. The van der Waals surface area contributed by atoms with Crippen molar-refractivity contribution >= 4 is 5.84 Å². The minimum absolute atomic E-state index is 0.332. The van der Waals surface area contributed by atoms with Gasteiger partial charge in [-0.3, -0.25) is 9.98 Å². The Balaban J connectivity index is 2.14. The van der Waals surface area contributed by atoms with Gasteiger partial charge in [-0.05, 0) is 18.6 Å². The number of nitrogens with one attached hydrogen (secondary N) is 1. The van der Waals surface area contributed by atoms with Crippen LogP contribution in [0.15, 0.2) is 29.5 Å². The predicted molar refractivity (Wildman–Crippen MR) is 48.1 cm³/mol. The molecule has 0 saturated heterocycles. The average Bonchev–Trinajstić information content (AvgIpc) is 2.54. The molecule has 0 bridgehead atoms. The van der Waals surface area contributed by atoms with Crippen molar-refractivity contribution in [3.63, 3.8) is 0 Å². The molecule has 0 fully saturated rings. The van der Waals surface area contributed by atoms with E-state index in [0.717, 1.165) is 12.4 Å². The quantitative estimate of drug-likeness (QED) is 0.670. The van der Waals surface area contributed by atoms with Crippen LogP contribution in [0.3, 0.4) is 0 Å². The fourth-order valence-corrected chi connectivity index (χ4v) is 1.34. The monoisotopic (exact) mass is 161 g/mol. The van der Waals surface area contributed by atoms with Crippen molar-refractivity contribution in [1.29, 1.82) is 0 Å². The molecule has 1 aromatic rings. The van der Waals surface area contributed by atoms with Crippen molar-refractivity contribution in [3.8, 4) is 0 Å². The number of nitrogens with zero attached hydrogens (tertiary/aromatic N) is 2. The maximum atomic E-state index is 4.27. The molecular weight excluding hydrogens is 150 g/mol. The van der Waals surface area contributed by atoms with Gasteiger partial charge >= 0.3 is 0 Å². The number of aliphatic imine (C=N–C) groups is 1. The molecule has 2 heterocycles. The zero-order valence-corrected chi connectivity index (χ0v) is 6.99. The van der Waals surface area contributed by atoms with E-state index in [4.69, 9.17) is 0 Å². The Morgan fingerprint density at radius 3 is 3.08 bits per heavy atom. The van der Waals surface area contributed by atoms with E-state index in [1.807, 2.05) is 19.2 Å². The number of pyridine rings is 1. The van der Waals surface area contributed by atoms with Gasteiger partial charge in [0.15, 0.2) is 0 Å². The lowest BCUT2D eigenvalue weighted by molar-refractivity contribution is 0.705. The lowest BCUT2D eigenvalue weighted by atomic mass is 10.1. The first-order valence-electron chi connectivity index (χ1n) is 4.04. The highest BCUT2D eigenvalue weighted by Crippen LogP contribution is 2.15. The second-order valence-electron chi connectivity index (χ2n) is 2.91. The molecule has 0 spiro atoms. The van der Waals surface area contributed by atoms with Crippen LogP contribution in [0.1, 0.15) is 18.5 Å². The van der Waals surface area contributed by atoms with Crippen LogP contribution in [0.25, 0.3) is 0 Å². The van der Waals surface area contributed by atoms with Crippen molar-refractivity contribution in [2.24, 2.45) is 4.99 Å². The predicted octanol–water partition coefficient (Wildman–Crippen LogP) is 1.14. The summed E-state index contributed by atoms with van der Waals surface area (Å²) in [4.78, 5) is 8.34. The highest BCUT2D eigenvalue weighted by molar-refractivity contribution is 5.81. The third kappa shape index (κ3) is 1.30. The maximum absolute atomic E-state index is 4.27. The van der Waals surface area contributed by atoms with Gasteiger partial charge in [-0.2, -0.15) is 0 Å². The molecular formula is C9H11N3. The highest BCUT2D eigenvalue weighted by Gasteiger charge is 2.15. The lowest BCUT2D eigenvalue weighted by Gasteiger charge is -2.09. The van der Waals surface area contributed by atoms with E-state index in [9.17, 15) is 0 Å². The van der Waals surface area contributed by atoms with Crippen molar-refractivity contribution in [2.45, 2.75) is 13.0 Å². The summed E-state index contributed by atoms with van der Waals surface area (Å²) >= 11 is 0. The maximum Gasteiger partial charge on any atom is 0.0938 e. The summed E-state index contributed by atoms with van der Waals surface area (Å²) in [7, 11) is 0. The summed E-state index contributed by atoms with van der Waals surface area (Å²) in [6, 6.07) is 4.35. The Labute approximate surface area is 71.6 Å². The molecule has 12 heavy (non-hydrogen) atoms. The summed E-state index contributed by atoms with van der Waals surface area (Å²) in [5.41, 5.74) is 1.21. The zero-order valence-electron chi connectivity index (χ0n) is 6.99. The normalized spacial score (nSPS) is 21.8. The van der Waals surface area contributed by atoms with Gasteiger partial charge in [0.1, 0.15) is 0 Å². The van der Waals surface area contributed by atoms with Crippen molar-refractivity contribution in [2.75, 3.05) is 6.54 Å². The minimum atomic E-state index is 0.332. The van der Waals surface area contributed by atoms with E-state index in [-0.39, 0.29) is 0 Å². The van der Waals surface area contributed by atoms with Gasteiger partial charge in [-0.15, -0.1) is 0 Å². The molecule has 0 aromatic carbocycles. The fraction of sp³-hybridized carbons (Fsp3) is 0.333. The Hall–Kier alpha value is -1.38. The molecule has 2 rings (SSSR count). The molecule has 1 aliphatic rings. The lowest BCUT2D eigenvalue weighted by Crippen LogP contribution is -2.20. The third-order valence-electron chi connectivity index (χ3n) is 1.98. The molecule has 3 heteroatoms. The summed E-state index contributed by atoms with van der Waals surface area (Å²) in [5.74, 6) is 1.02. The fourth-order valence-electron chi connectivity index (χ4n) is 1.34. The van der Waals surface area contributed by atoms with E-state index in [1.165, 1.54) is 5.56 Å². The van der Waals surface area contributed by atoms with Crippen LogP contribution < -0.4 is 5.32 Å². The van der Waals surface area contributed by atoms with E-state index in [1.54, 1.807) is 6.20 Å². The standard InChI is InChI=1S/C9H11N3/c1-7-11-6-9(12-7)8-3-2-4-10-5-8/h2-5,9H,6H2,1H3,(H,11,12)/t9-/m0/s1. The van der Waals surface area contributed by atoms with Gasteiger partial charge in [0.25, 0.3) is 0 Å². The summed E-state index contributed by atoms with van der Waals surface area (Å²) < 4.78 is 0. The Kier molecular flexibility index (Phi) is 1.78. The molecule has 0 unspecified atom stereocenters. The Bertz CT molecular complexity index is 292. The van der Waals surface area contributed by atoms with Gasteiger partial charge in [0, 0.05) is 12.4 Å². The summed E-state index contributed by atoms with van der Waals surface area (Å²) in [6.45, 7) is 2.81. The molecule has 1 atom stereocenters. The van der Waals surface area contributed by atoms with Crippen LogP contribution in [-0.2, 0) is 0 Å². The Morgan fingerprint density at radius 1 is 1.58 bits per heavy atom. The first-order valence-corrected chi connectivity index (χ1v) is 4.04. The number of rotatable bonds is 1. The molecule has 0 saturated carbocycles. The topological polar surface area (TPSA) is 37.3 Å². The smallest absolute Gasteiger partial charge is 0.0938 e. The average molecular weight is 161 g/mol. The van der Waals surface area contributed by atoms with Crippen LogP contribution in [0.5, 0.6) is 0 Å². The van der Waals surface area contributed by atoms with Gasteiger partial charge in [0.05, 0.1) is 18.4 Å². The molecule has 0 aliphatic carbocycles. The first-order chi connectivity index (χ1) is 5.86. The minimum Gasteiger partial charge on any atom is -0.365 e. The van der Waals surface area contributed by atoms with Gasteiger partial charge in [-0.1, -0.05) is 6.07 Å². The second-order valence-corrected chi connectivity index (χ2v) is 2.91. The van der Waals surface area contributed by atoms with Gasteiger partial charge in [-0.25, -0.2) is 0 Å². The molecule has 1 aromatic heterocycles. The first kappa shape index (κ1) is 7.28. The van der Waals surface area contributed by atoms with Crippen LogP contribution in [0.2, 0.25) is 0 Å². The van der Waals surface area contributed by atoms with Crippen LogP contribution in [-0.4, -0.2) is 17.4 Å². The molecule has 0 amide bonds. The number of amidine groups is 1. The van der Waals surface area contributed by atoms with Gasteiger partial charge in [0.2, 0.25) is 0 Å². The van der Waals surface area contributed by atoms with Crippen LogP contribution >= 0.6 is 0 Å². The largest absolute Gasteiger partial charge is 0.365 e. The Morgan fingerprint density at radius 2 is 2.50 bits per heavy atom. The van der Waals surface area contributed by atoms with Gasteiger partial charge < -0.3 is 5.32 Å². The molecule has 0 radical (unpaired) electrons. The van der Waals surface area contributed by atoms with E-state index in [2.05, 4.69) is 21.4 Å². The van der Waals surface area contributed by atoms with Crippen LogP contribution in [0.4, 0.5) is 0 Å². The van der Waals surface area contributed by atoms with Crippen molar-refractivity contribution < 1.29 is 0 Å². The second kappa shape index (κ2) is 2.93. The van der Waals surface area contributed by atoms with Crippen molar-refractivity contribution in [1.82, 2.24) is 10.3 Å². The van der Waals surface area contributed by atoms with E-state index >= 15 is 0 Å². The molecule has 62 valence electrons. The molecule has 1 N–H and O–H groups in total. The van der Waals surface area contributed by atoms with E-state index < -0.39 is 0 Å². The number of hydrogen-bond donors (Lipinski definition) is 1. The zero-order chi connectivity index (χ0) is 8.39. The molecule has 1 aliphatic heterocycles. The SMILES string of the molecule is CC1=NC[C@@H](c2cccnc2)N1. The van der Waals surface area contributed by atoms with Crippen molar-refractivity contribution in [3.05, 3.63) is 30.1 Å². The van der Waals surface area contributed by atoms with E-state index in [0.29, 0.717) is 6.04 Å². The summed E-state index contributed by atoms with van der Waals surface area (Å²) in [6.07, 6.45) is 3.66. The third-order valence-corrected chi connectivity index (χ3v) is 1.98.